The van der Waals surface area contributed by atoms with E-state index < -0.39 is 9.84 Å². The molecule has 0 aliphatic carbocycles. The Kier molecular flexibility index (Phi) is 5.49. The number of anilines is 1. The molecule has 1 saturated heterocycles. The summed E-state index contributed by atoms with van der Waals surface area (Å²) in [5.74, 6) is 0.611. The van der Waals surface area contributed by atoms with Gasteiger partial charge in [0.1, 0.15) is 5.82 Å². The minimum Gasteiger partial charge on any atom is -0.348 e. The van der Waals surface area contributed by atoms with E-state index in [1.807, 2.05) is 53.2 Å². The molecule has 5 rings (SSSR count). The zero-order valence-electron chi connectivity index (χ0n) is 18.0. The molecule has 0 bridgehead atoms. The summed E-state index contributed by atoms with van der Waals surface area (Å²) in [5, 5.41) is 7.47. The van der Waals surface area contributed by atoms with Crippen molar-refractivity contribution in [3.8, 4) is 11.3 Å². The number of hydrogen-bond acceptors (Lipinski definition) is 5. The molecule has 0 saturated carbocycles. The van der Waals surface area contributed by atoms with Crippen molar-refractivity contribution >= 4 is 27.5 Å². The Labute approximate surface area is 192 Å². The predicted octanol–water partition coefficient (Wildman–Crippen LogP) is 2.40. The minimum atomic E-state index is -3.05. The molecule has 3 aromatic rings. The lowest BCUT2D eigenvalue weighted by Gasteiger charge is -2.27. The average Bonchev–Trinajstić information content (AvgIpc) is 3.39. The fourth-order valence-electron chi connectivity index (χ4n) is 4.29. The van der Waals surface area contributed by atoms with Gasteiger partial charge in [-0.15, -0.1) is 0 Å². The van der Waals surface area contributed by atoms with Crippen LogP contribution in [0.2, 0.25) is 0 Å². The third-order valence-corrected chi connectivity index (χ3v) is 7.84. The maximum absolute atomic E-state index is 12.7. The molecule has 1 aromatic heterocycles. The first kappa shape index (κ1) is 21.4. The molecule has 9 heteroatoms. The molecular formula is C24H24N4O4S. The molecule has 2 amide bonds. The number of aryl methyl sites for hydroxylation is 1. The van der Waals surface area contributed by atoms with Gasteiger partial charge in [0.25, 0.3) is 5.91 Å². The predicted molar refractivity (Wildman–Crippen MR) is 124 cm³/mol. The van der Waals surface area contributed by atoms with Gasteiger partial charge in [-0.2, -0.15) is 5.10 Å². The molecule has 8 nitrogen and oxygen atoms in total. The highest BCUT2D eigenvalue weighted by molar-refractivity contribution is 7.91. The minimum absolute atomic E-state index is 0.00739. The number of carbonyl (C=O) groups excluding carboxylic acids is 2. The van der Waals surface area contributed by atoms with Crippen molar-refractivity contribution in [1.29, 1.82) is 0 Å². The summed E-state index contributed by atoms with van der Waals surface area (Å²) in [5.41, 5.74) is 3.17. The van der Waals surface area contributed by atoms with E-state index in [1.54, 1.807) is 17.0 Å². The van der Waals surface area contributed by atoms with Gasteiger partial charge in [-0.3, -0.25) is 14.5 Å². The summed E-state index contributed by atoms with van der Waals surface area (Å²) in [4.78, 5) is 26.9. The second-order valence-corrected chi connectivity index (χ2v) is 10.7. The van der Waals surface area contributed by atoms with E-state index in [2.05, 4.69) is 10.4 Å². The molecule has 1 N–H and O–H groups in total. The Hall–Kier alpha value is -3.46. The highest BCUT2D eigenvalue weighted by atomic mass is 32.2. The second-order valence-electron chi connectivity index (χ2n) is 8.48. The number of fused-ring (bicyclic) bond motifs is 1. The van der Waals surface area contributed by atoms with Gasteiger partial charge in [0.15, 0.2) is 9.84 Å². The lowest BCUT2D eigenvalue weighted by Crippen LogP contribution is -2.37. The fraction of sp³-hybridized carbons (Fsp3) is 0.292. The Morgan fingerprint density at radius 2 is 1.85 bits per heavy atom. The van der Waals surface area contributed by atoms with E-state index in [0.717, 1.165) is 22.6 Å². The Morgan fingerprint density at radius 1 is 1.09 bits per heavy atom. The van der Waals surface area contributed by atoms with Gasteiger partial charge in [0.2, 0.25) is 5.91 Å². The maximum Gasteiger partial charge on any atom is 0.251 e. The third kappa shape index (κ3) is 4.54. The monoisotopic (exact) mass is 464 g/mol. The highest BCUT2D eigenvalue weighted by Crippen LogP contribution is 2.29. The maximum atomic E-state index is 12.7. The molecule has 2 aliphatic heterocycles. The van der Waals surface area contributed by atoms with Crippen LogP contribution in [0.15, 0.2) is 60.7 Å². The first-order valence-corrected chi connectivity index (χ1v) is 12.7. The van der Waals surface area contributed by atoms with E-state index in [4.69, 9.17) is 0 Å². The van der Waals surface area contributed by atoms with E-state index in [-0.39, 0.29) is 29.4 Å². The van der Waals surface area contributed by atoms with Crippen LogP contribution in [0.5, 0.6) is 0 Å². The molecule has 2 aromatic carbocycles. The summed E-state index contributed by atoms with van der Waals surface area (Å²) in [6, 6.07) is 18.5. The van der Waals surface area contributed by atoms with Gasteiger partial charge in [-0.1, -0.05) is 42.5 Å². The molecule has 0 spiro atoms. The van der Waals surface area contributed by atoms with Crippen molar-refractivity contribution in [1.82, 2.24) is 15.1 Å². The summed E-state index contributed by atoms with van der Waals surface area (Å²) < 4.78 is 25.1. The van der Waals surface area contributed by atoms with Crippen LogP contribution in [0.4, 0.5) is 5.82 Å². The van der Waals surface area contributed by atoms with Crippen LogP contribution in [0.3, 0.4) is 0 Å². The quantitative estimate of drug-likeness (QED) is 0.625. The highest BCUT2D eigenvalue weighted by Gasteiger charge is 2.29. The van der Waals surface area contributed by atoms with Gasteiger partial charge >= 0.3 is 0 Å². The third-order valence-electron chi connectivity index (χ3n) is 6.07. The lowest BCUT2D eigenvalue weighted by molar-refractivity contribution is -0.119. The molecule has 170 valence electrons. The number of sulfone groups is 1. The summed E-state index contributed by atoms with van der Waals surface area (Å²) in [6.07, 6.45) is 0.829. The molecule has 1 unspecified atom stereocenters. The van der Waals surface area contributed by atoms with Crippen molar-refractivity contribution in [2.75, 3.05) is 16.4 Å². The Bertz CT molecular complexity index is 1300. The summed E-state index contributed by atoms with van der Waals surface area (Å²) in [7, 11) is -3.05. The molecule has 33 heavy (non-hydrogen) atoms. The van der Waals surface area contributed by atoms with Crippen molar-refractivity contribution in [2.24, 2.45) is 0 Å². The second kappa shape index (κ2) is 8.47. The van der Waals surface area contributed by atoms with E-state index in [9.17, 15) is 18.0 Å². The van der Waals surface area contributed by atoms with E-state index >= 15 is 0 Å². The van der Waals surface area contributed by atoms with Crippen molar-refractivity contribution in [3.05, 3.63) is 71.8 Å². The van der Waals surface area contributed by atoms with Gasteiger partial charge in [0.05, 0.1) is 30.3 Å². The van der Waals surface area contributed by atoms with Crippen molar-refractivity contribution in [3.63, 3.8) is 0 Å². The van der Waals surface area contributed by atoms with Crippen LogP contribution in [0.25, 0.3) is 11.3 Å². The zero-order valence-corrected chi connectivity index (χ0v) is 18.8. The van der Waals surface area contributed by atoms with E-state index in [0.29, 0.717) is 31.5 Å². The van der Waals surface area contributed by atoms with Crippen LogP contribution in [0.1, 0.15) is 28.8 Å². The SMILES string of the molecule is O=C(NC1CCS(=O)(=O)C1)c1ccc(CN2C(=O)CCn3nc(-c4ccccc4)cc32)cc1. The molecule has 2 aliphatic rings. The fourth-order valence-corrected chi connectivity index (χ4v) is 5.97. The van der Waals surface area contributed by atoms with Gasteiger partial charge in [-0.25, -0.2) is 13.1 Å². The van der Waals surface area contributed by atoms with Gasteiger partial charge in [-0.05, 0) is 24.1 Å². The number of aromatic nitrogens is 2. The number of amides is 2. The lowest BCUT2D eigenvalue weighted by atomic mass is 10.1. The normalized spacial score (nSPS) is 19.3. The Morgan fingerprint density at radius 3 is 2.55 bits per heavy atom. The van der Waals surface area contributed by atoms with Gasteiger partial charge < -0.3 is 5.32 Å². The number of carbonyl (C=O) groups is 2. The van der Waals surface area contributed by atoms with Crippen LogP contribution in [-0.4, -0.2) is 47.6 Å². The average molecular weight is 465 g/mol. The number of hydrogen-bond donors (Lipinski definition) is 1. The summed E-state index contributed by atoms with van der Waals surface area (Å²) >= 11 is 0. The standard InChI is InChI=1S/C24H24N4O4S/c29-23-10-12-28-22(14-21(26-28)18-4-2-1-3-5-18)27(23)15-17-6-8-19(9-7-17)24(30)25-20-11-13-33(31,32)16-20/h1-9,14,20H,10-13,15-16H2,(H,25,30). The van der Waals surface area contributed by atoms with Crippen LogP contribution in [-0.2, 0) is 27.7 Å². The Balaban J connectivity index is 1.30. The largest absolute Gasteiger partial charge is 0.348 e. The van der Waals surface area contributed by atoms with Crippen molar-refractivity contribution < 1.29 is 18.0 Å². The molecule has 1 atom stereocenters. The van der Waals surface area contributed by atoms with Crippen molar-refractivity contribution in [2.45, 2.75) is 32.0 Å². The number of rotatable bonds is 5. The molecule has 0 radical (unpaired) electrons. The number of nitrogens with zero attached hydrogens (tertiary/aromatic N) is 3. The number of nitrogens with one attached hydrogen (secondary N) is 1. The molecular weight excluding hydrogens is 440 g/mol. The first-order chi connectivity index (χ1) is 15.9. The first-order valence-electron chi connectivity index (χ1n) is 10.9. The topological polar surface area (TPSA) is 101 Å². The molecule has 3 heterocycles. The number of benzene rings is 2. The smallest absolute Gasteiger partial charge is 0.251 e. The summed E-state index contributed by atoms with van der Waals surface area (Å²) in [6.45, 7) is 0.926. The van der Waals surface area contributed by atoms with E-state index in [1.165, 1.54) is 0 Å². The zero-order chi connectivity index (χ0) is 23.0. The van der Waals surface area contributed by atoms with Crippen LogP contribution >= 0.6 is 0 Å². The van der Waals surface area contributed by atoms with Crippen LogP contribution < -0.4 is 10.2 Å². The van der Waals surface area contributed by atoms with Gasteiger partial charge in [0, 0.05) is 29.7 Å². The van der Waals surface area contributed by atoms with Crippen LogP contribution in [0, 0.1) is 0 Å². The molecule has 1 fully saturated rings.